The highest BCUT2D eigenvalue weighted by molar-refractivity contribution is 8.26. The first-order chi connectivity index (χ1) is 12.6. The molecule has 0 N–H and O–H groups in total. The maximum atomic E-state index is 12.5. The smallest absolute Gasteiger partial charge is 0.266 e. The van der Waals surface area contributed by atoms with E-state index in [0.717, 1.165) is 11.6 Å². The van der Waals surface area contributed by atoms with Gasteiger partial charge in [0.2, 0.25) is 0 Å². The van der Waals surface area contributed by atoms with E-state index in [2.05, 4.69) is 42.0 Å². The number of rotatable bonds is 4. The molecule has 1 aromatic heterocycles. The van der Waals surface area contributed by atoms with Crippen molar-refractivity contribution in [1.29, 1.82) is 0 Å². The van der Waals surface area contributed by atoms with Crippen LogP contribution >= 0.6 is 47.1 Å². The number of hydrogen-bond acceptors (Lipinski definition) is 6. The fourth-order valence-electron chi connectivity index (χ4n) is 3.03. The molecule has 1 fully saturated rings. The summed E-state index contributed by atoms with van der Waals surface area (Å²) >= 11 is 10.2. The normalized spacial score (nSPS) is 20.0. The summed E-state index contributed by atoms with van der Waals surface area (Å²) in [7, 11) is 0. The summed E-state index contributed by atoms with van der Waals surface area (Å²) in [5.74, 6) is -0.0412. The molecule has 0 saturated carbocycles. The first-order valence-corrected chi connectivity index (χ1v) is 11.1. The van der Waals surface area contributed by atoms with Crippen LogP contribution in [0.2, 0.25) is 0 Å². The standard InChI is InChI=1S/C19H16N2OS4/c1-3-10-21-18(22)15(26-19(21)23)7-8-16-20(4-2)17-12-9-11-24-13(12)5-6-14(17)25-16/h3,5-9,11H,1,4,10H2,2H3. The van der Waals surface area contributed by atoms with Crippen LogP contribution in [0.4, 0.5) is 5.69 Å². The lowest BCUT2D eigenvalue weighted by Crippen LogP contribution is -2.27. The van der Waals surface area contributed by atoms with Crippen molar-refractivity contribution in [2.45, 2.75) is 11.8 Å². The predicted octanol–water partition coefficient (Wildman–Crippen LogP) is 5.60. The van der Waals surface area contributed by atoms with Gasteiger partial charge in [-0.1, -0.05) is 41.8 Å². The van der Waals surface area contributed by atoms with Gasteiger partial charge in [0.25, 0.3) is 5.91 Å². The van der Waals surface area contributed by atoms with Gasteiger partial charge in [-0.25, -0.2) is 0 Å². The molecule has 7 heteroatoms. The molecule has 3 heterocycles. The van der Waals surface area contributed by atoms with Gasteiger partial charge in [-0.2, -0.15) is 0 Å². The third-order valence-corrected chi connectivity index (χ3v) is 7.59. The second kappa shape index (κ2) is 7.23. The Balaban J connectivity index is 1.67. The van der Waals surface area contributed by atoms with E-state index in [9.17, 15) is 4.79 Å². The summed E-state index contributed by atoms with van der Waals surface area (Å²) in [4.78, 5) is 18.3. The molecule has 0 aliphatic carbocycles. The molecule has 4 rings (SSSR count). The Bertz CT molecular complexity index is 989. The number of carbonyl (C=O) groups is 1. The van der Waals surface area contributed by atoms with E-state index in [0.29, 0.717) is 15.8 Å². The highest BCUT2D eigenvalue weighted by atomic mass is 32.2. The van der Waals surface area contributed by atoms with Gasteiger partial charge in [0.1, 0.15) is 4.32 Å². The predicted molar refractivity (Wildman–Crippen MR) is 119 cm³/mol. The van der Waals surface area contributed by atoms with E-state index >= 15 is 0 Å². The minimum absolute atomic E-state index is 0.0412. The van der Waals surface area contributed by atoms with Crippen molar-refractivity contribution in [2.75, 3.05) is 18.0 Å². The summed E-state index contributed by atoms with van der Waals surface area (Å²) in [5.41, 5.74) is 1.27. The summed E-state index contributed by atoms with van der Waals surface area (Å²) in [6.07, 6.45) is 5.62. The van der Waals surface area contributed by atoms with E-state index in [1.165, 1.54) is 32.4 Å². The highest BCUT2D eigenvalue weighted by Crippen LogP contribution is 2.50. The van der Waals surface area contributed by atoms with Crippen LogP contribution in [0, 0.1) is 0 Å². The number of nitrogens with zero attached hydrogens (tertiary/aromatic N) is 2. The molecule has 1 amide bonds. The average Bonchev–Trinajstić information content (AvgIpc) is 3.30. The van der Waals surface area contributed by atoms with Crippen LogP contribution in [0.15, 0.2) is 63.2 Å². The molecule has 0 spiro atoms. The van der Waals surface area contributed by atoms with E-state index in [1.54, 1.807) is 34.1 Å². The quantitative estimate of drug-likeness (QED) is 0.366. The summed E-state index contributed by atoms with van der Waals surface area (Å²) in [6.45, 7) is 7.17. The first kappa shape index (κ1) is 17.9. The lowest BCUT2D eigenvalue weighted by atomic mass is 10.2. The Morgan fingerprint density at radius 2 is 2.04 bits per heavy atom. The number of anilines is 1. The van der Waals surface area contributed by atoms with Gasteiger partial charge >= 0.3 is 0 Å². The van der Waals surface area contributed by atoms with Crippen LogP contribution in [-0.2, 0) is 4.79 Å². The summed E-state index contributed by atoms with van der Waals surface area (Å²) in [6, 6.07) is 6.56. The zero-order valence-electron chi connectivity index (χ0n) is 14.1. The largest absolute Gasteiger partial charge is 0.335 e. The molecule has 0 bridgehead atoms. The molecular formula is C19H16N2OS4. The van der Waals surface area contributed by atoms with Crippen molar-refractivity contribution >= 4 is 73.1 Å². The Labute approximate surface area is 170 Å². The number of fused-ring (bicyclic) bond motifs is 3. The van der Waals surface area contributed by atoms with Crippen LogP contribution in [-0.4, -0.2) is 28.2 Å². The number of thiophene rings is 1. The van der Waals surface area contributed by atoms with Gasteiger partial charge in [-0.3, -0.25) is 9.69 Å². The van der Waals surface area contributed by atoms with Crippen molar-refractivity contribution in [2.24, 2.45) is 0 Å². The molecule has 2 aromatic rings. The second-order valence-corrected chi connectivity index (χ2v) is 9.38. The second-order valence-electron chi connectivity index (χ2n) is 5.70. The van der Waals surface area contributed by atoms with Crippen molar-refractivity contribution in [3.05, 3.63) is 58.3 Å². The van der Waals surface area contributed by atoms with Crippen LogP contribution in [0.5, 0.6) is 0 Å². The van der Waals surface area contributed by atoms with Gasteiger partial charge in [-0.15, -0.1) is 17.9 Å². The van der Waals surface area contributed by atoms with Gasteiger partial charge in [0, 0.05) is 28.1 Å². The number of thioether (sulfide) groups is 2. The minimum atomic E-state index is -0.0412. The highest BCUT2D eigenvalue weighted by Gasteiger charge is 2.31. The minimum Gasteiger partial charge on any atom is -0.335 e. The van der Waals surface area contributed by atoms with Gasteiger partial charge in [0.05, 0.1) is 15.6 Å². The number of allylic oxidation sites excluding steroid dienone is 2. The van der Waals surface area contributed by atoms with Crippen LogP contribution in [0.1, 0.15) is 6.92 Å². The number of amides is 1. The molecule has 2 aliphatic rings. The van der Waals surface area contributed by atoms with Crippen molar-refractivity contribution in [1.82, 2.24) is 4.90 Å². The van der Waals surface area contributed by atoms with Crippen LogP contribution in [0.3, 0.4) is 0 Å². The monoisotopic (exact) mass is 416 g/mol. The molecule has 0 unspecified atom stereocenters. The third-order valence-electron chi connectivity index (χ3n) is 4.20. The fourth-order valence-corrected chi connectivity index (χ4v) is 6.18. The summed E-state index contributed by atoms with van der Waals surface area (Å²) < 4.78 is 1.89. The Morgan fingerprint density at radius 1 is 1.19 bits per heavy atom. The molecule has 0 radical (unpaired) electrons. The Kier molecular flexibility index (Phi) is 4.96. The van der Waals surface area contributed by atoms with Crippen LogP contribution in [0.25, 0.3) is 10.1 Å². The molecule has 1 aromatic carbocycles. The van der Waals surface area contributed by atoms with Gasteiger partial charge in [-0.05, 0) is 42.7 Å². The molecule has 1 saturated heterocycles. The molecule has 0 atom stereocenters. The summed E-state index contributed by atoms with van der Waals surface area (Å²) in [5, 5.41) is 4.56. The van der Waals surface area contributed by atoms with E-state index < -0.39 is 0 Å². The van der Waals surface area contributed by atoms with E-state index in [-0.39, 0.29) is 5.91 Å². The molecule has 132 valence electrons. The zero-order valence-corrected chi connectivity index (χ0v) is 17.4. The number of thiocarbonyl (C=S) groups is 1. The van der Waals surface area contributed by atoms with Gasteiger partial charge in [0.15, 0.2) is 0 Å². The third kappa shape index (κ3) is 2.93. The lowest BCUT2D eigenvalue weighted by Gasteiger charge is -2.18. The number of carbonyl (C=O) groups excluding carboxylic acids is 1. The van der Waals surface area contributed by atoms with Gasteiger partial charge < -0.3 is 4.90 Å². The first-order valence-electron chi connectivity index (χ1n) is 8.16. The number of benzene rings is 1. The molecule has 2 aliphatic heterocycles. The molecule has 26 heavy (non-hydrogen) atoms. The molecule has 3 nitrogen and oxygen atoms in total. The Hall–Kier alpha value is -1.54. The fraction of sp³-hybridized carbons (Fsp3) is 0.158. The Morgan fingerprint density at radius 3 is 2.81 bits per heavy atom. The van der Waals surface area contributed by atoms with Crippen LogP contribution < -0.4 is 4.90 Å². The lowest BCUT2D eigenvalue weighted by molar-refractivity contribution is -0.121. The van der Waals surface area contributed by atoms with Crippen molar-refractivity contribution < 1.29 is 4.79 Å². The van der Waals surface area contributed by atoms with E-state index in [1.807, 2.05) is 12.2 Å². The molecular weight excluding hydrogens is 400 g/mol. The maximum Gasteiger partial charge on any atom is 0.266 e. The SMILES string of the molecule is C=CCN1C(=O)C(=CC=C2Sc3ccc4sccc4c3N2CC)SC1=S. The maximum absolute atomic E-state index is 12.5. The van der Waals surface area contributed by atoms with Crippen molar-refractivity contribution in [3.8, 4) is 0 Å². The average molecular weight is 417 g/mol. The number of hydrogen-bond donors (Lipinski definition) is 0. The topological polar surface area (TPSA) is 23.6 Å². The van der Waals surface area contributed by atoms with E-state index in [4.69, 9.17) is 12.2 Å². The van der Waals surface area contributed by atoms with Crippen molar-refractivity contribution in [3.63, 3.8) is 0 Å². The zero-order chi connectivity index (χ0) is 18.3.